The summed E-state index contributed by atoms with van der Waals surface area (Å²) in [6.45, 7) is 0. The molecule has 0 amide bonds. The second-order valence-electron chi connectivity index (χ2n) is 15.9. The van der Waals surface area contributed by atoms with Crippen molar-refractivity contribution in [2.75, 3.05) is 0 Å². The lowest BCUT2D eigenvalue weighted by molar-refractivity contribution is 0.666. The van der Waals surface area contributed by atoms with Crippen LogP contribution in [0.4, 0.5) is 0 Å². The molecule has 0 N–H and O–H groups in total. The SMILES string of the molecule is c1ccc(-c2ccc3c(c2)oc2cc(-c4nc(-c5ccccc5)nc(-c5ccc6c(c5)oc5c(-n7c8ccccc8c8c(-c9ccccc9)cccc87)cccc56)n4)ccc23)cc1. The lowest BCUT2D eigenvalue weighted by Gasteiger charge is -2.09. The summed E-state index contributed by atoms with van der Waals surface area (Å²) in [5.74, 6) is 1.69. The van der Waals surface area contributed by atoms with Crippen molar-refractivity contribution in [3.8, 4) is 62.1 Å². The zero-order chi connectivity index (χ0) is 41.4. The number of hydrogen-bond donors (Lipinski definition) is 0. The molecule has 0 saturated heterocycles. The predicted molar refractivity (Wildman–Crippen MR) is 256 cm³/mol. The van der Waals surface area contributed by atoms with Crippen molar-refractivity contribution < 1.29 is 8.83 Å². The zero-order valence-electron chi connectivity index (χ0n) is 33.7. The Labute approximate surface area is 361 Å². The van der Waals surface area contributed by atoms with Crippen LogP contribution in [0.25, 0.3) is 128 Å². The van der Waals surface area contributed by atoms with Crippen molar-refractivity contribution >= 4 is 65.7 Å². The van der Waals surface area contributed by atoms with E-state index in [9.17, 15) is 0 Å². The summed E-state index contributed by atoms with van der Waals surface area (Å²) in [5.41, 5.74) is 13.6. The normalized spacial score (nSPS) is 11.8. The van der Waals surface area contributed by atoms with E-state index in [1.807, 2.05) is 42.5 Å². The second-order valence-corrected chi connectivity index (χ2v) is 15.9. The van der Waals surface area contributed by atoms with Gasteiger partial charge in [-0.05, 0) is 76.9 Å². The first-order chi connectivity index (χ1) is 31.2. The molecule has 13 rings (SSSR count). The van der Waals surface area contributed by atoms with Crippen molar-refractivity contribution in [1.29, 1.82) is 0 Å². The molecule has 0 radical (unpaired) electrons. The molecular formula is C57H34N4O2. The summed E-state index contributed by atoms with van der Waals surface area (Å²) in [5, 5.41) is 6.57. The Morgan fingerprint density at radius 2 is 0.810 bits per heavy atom. The lowest BCUT2D eigenvalue weighted by atomic mass is 9.99. The number of furan rings is 2. The predicted octanol–water partition coefficient (Wildman–Crippen LogP) is 15.1. The van der Waals surface area contributed by atoms with Crippen LogP contribution in [-0.4, -0.2) is 19.5 Å². The number of para-hydroxylation sites is 2. The molecule has 0 aliphatic rings. The van der Waals surface area contributed by atoms with E-state index in [1.54, 1.807) is 0 Å². The molecule has 0 bridgehead atoms. The third-order valence-electron chi connectivity index (χ3n) is 12.3. The molecule has 6 heteroatoms. The molecule has 13 aromatic rings. The molecule has 4 aromatic heterocycles. The van der Waals surface area contributed by atoms with Crippen LogP contribution in [0.3, 0.4) is 0 Å². The van der Waals surface area contributed by atoms with Crippen molar-refractivity contribution in [3.63, 3.8) is 0 Å². The van der Waals surface area contributed by atoms with Crippen molar-refractivity contribution in [2.45, 2.75) is 0 Å². The summed E-state index contributed by atoms with van der Waals surface area (Å²) < 4.78 is 15.8. The van der Waals surface area contributed by atoms with Gasteiger partial charge in [-0.15, -0.1) is 0 Å². The largest absolute Gasteiger partial charge is 0.456 e. The first kappa shape index (κ1) is 35.2. The van der Waals surface area contributed by atoms with E-state index in [1.165, 1.54) is 21.9 Å². The number of benzene rings is 9. The maximum Gasteiger partial charge on any atom is 0.164 e. The van der Waals surface area contributed by atoms with E-state index in [4.69, 9.17) is 23.8 Å². The van der Waals surface area contributed by atoms with Gasteiger partial charge in [0.05, 0.1) is 16.7 Å². The van der Waals surface area contributed by atoms with Crippen molar-refractivity contribution in [1.82, 2.24) is 19.5 Å². The van der Waals surface area contributed by atoms with Crippen LogP contribution < -0.4 is 0 Å². The van der Waals surface area contributed by atoms with Crippen molar-refractivity contribution in [2.24, 2.45) is 0 Å². The van der Waals surface area contributed by atoms with E-state index in [2.05, 4.69) is 168 Å². The van der Waals surface area contributed by atoms with Gasteiger partial charge in [0.1, 0.15) is 16.7 Å². The van der Waals surface area contributed by atoms with Gasteiger partial charge in [0.15, 0.2) is 23.1 Å². The Morgan fingerprint density at radius 3 is 1.49 bits per heavy atom. The highest BCUT2D eigenvalue weighted by Gasteiger charge is 2.21. The van der Waals surface area contributed by atoms with Gasteiger partial charge in [0.2, 0.25) is 0 Å². The highest BCUT2D eigenvalue weighted by Crippen LogP contribution is 2.42. The molecule has 0 atom stereocenters. The van der Waals surface area contributed by atoms with Gasteiger partial charge in [0.25, 0.3) is 0 Å². The highest BCUT2D eigenvalue weighted by molar-refractivity contribution is 6.17. The molecular weight excluding hydrogens is 773 g/mol. The smallest absolute Gasteiger partial charge is 0.164 e. The Balaban J connectivity index is 0.950. The average Bonchev–Trinajstić information content (AvgIpc) is 4.03. The Hall–Kier alpha value is -8.61. The van der Waals surface area contributed by atoms with Gasteiger partial charge in [-0.3, -0.25) is 0 Å². The fraction of sp³-hybridized carbons (Fsp3) is 0. The van der Waals surface area contributed by atoms with Gasteiger partial charge in [-0.25, -0.2) is 15.0 Å². The van der Waals surface area contributed by atoms with Crippen LogP contribution in [0.15, 0.2) is 215 Å². The number of fused-ring (bicyclic) bond motifs is 9. The second kappa shape index (κ2) is 14.0. The molecule has 4 heterocycles. The summed E-state index contributed by atoms with van der Waals surface area (Å²) in [6.07, 6.45) is 0. The van der Waals surface area contributed by atoms with E-state index >= 15 is 0 Å². The Morgan fingerprint density at radius 1 is 0.317 bits per heavy atom. The molecule has 63 heavy (non-hydrogen) atoms. The van der Waals surface area contributed by atoms with Gasteiger partial charge < -0.3 is 13.4 Å². The molecule has 294 valence electrons. The first-order valence-electron chi connectivity index (χ1n) is 21.1. The highest BCUT2D eigenvalue weighted by atomic mass is 16.3. The van der Waals surface area contributed by atoms with Crippen LogP contribution in [0.2, 0.25) is 0 Å². The van der Waals surface area contributed by atoms with E-state index < -0.39 is 0 Å². The van der Waals surface area contributed by atoms with Crippen LogP contribution in [-0.2, 0) is 0 Å². The Bertz CT molecular complexity index is 3900. The minimum absolute atomic E-state index is 0.550. The zero-order valence-corrected chi connectivity index (χ0v) is 33.7. The van der Waals surface area contributed by atoms with Gasteiger partial charge >= 0.3 is 0 Å². The molecule has 0 fully saturated rings. The molecule has 0 unspecified atom stereocenters. The molecule has 0 spiro atoms. The van der Waals surface area contributed by atoms with Gasteiger partial charge in [-0.1, -0.05) is 152 Å². The summed E-state index contributed by atoms with van der Waals surface area (Å²) >= 11 is 0. The maximum absolute atomic E-state index is 6.92. The third-order valence-corrected chi connectivity index (χ3v) is 12.3. The monoisotopic (exact) mass is 806 g/mol. The summed E-state index contributed by atoms with van der Waals surface area (Å²) in [4.78, 5) is 15.2. The fourth-order valence-electron chi connectivity index (χ4n) is 9.31. The molecule has 0 aliphatic heterocycles. The lowest BCUT2D eigenvalue weighted by Crippen LogP contribution is -2.00. The van der Waals surface area contributed by atoms with E-state index in [0.717, 1.165) is 88.4 Å². The van der Waals surface area contributed by atoms with Crippen LogP contribution >= 0.6 is 0 Å². The molecule has 0 saturated carbocycles. The van der Waals surface area contributed by atoms with Crippen LogP contribution in [0.5, 0.6) is 0 Å². The minimum atomic E-state index is 0.550. The average molecular weight is 807 g/mol. The van der Waals surface area contributed by atoms with Gasteiger partial charge in [-0.2, -0.15) is 0 Å². The molecule has 6 nitrogen and oxygen atoms in total. The number of nitrogens with zero attached hydrogens (tertiary/aromatic N) is 4. The summed E-state index contributed by atoms with van der Waals surface area (Å²) in [7, 11) is 0. The van der Waals surface area contributed by atoms with E-state index in [-0.39, 0.29) is 0 Å². The van der Waals surface area contributed by atoms with Crippen molar-refractivity contribution in [3.05, 3.63) is 206 Å². The number of hydrogen-bond acceptors (Lipinski definition) is 5. The maximum atomic E-state index is 6.92. The number of aromatic nitrogens is 4. The molecule has 9 aromatic carbocycles. The topological polar surface area (TPSA) is 69.9 Å². The standard InChI is InChI=1S/C57H34N4O2/c1-4-14-35(15-5-1)38-26-29-42-43-30-27-39(33-51(43)62-50(42)32-38)56-58-55(37-18-8-3-9-19-37)59-57(60-56)40-28-31-44-45-22-13-25-49(54(45)63-52(44)34-40)61-47-23-11-10-20-46(47)53-41(21-12-24-48(53)61)36-16-6-2-7-17-36/h1-34H. The first-order valence-corrected chi connectivity index (χ1v) is 21.1. The van der Waals surface area contributed by atoms with Crippen LogP contribution in [0.1, 0.15) is 0 Å². The quantitative estimate of drug-likeness (QED) is 0.167. The minimum Gasteiger partial charge on any atom is -0.456 e. The fourth-order valence-corrected chi connectivity index (χ4v) is 9.31. The number of rotatable bonds is 6. The van der Waals surface area contributed by atoms with Crippen LogP contribution in [0, 0.1) is 0 Å². The third kappa shape index (κ3) is 5.69. The van der Waals surface area contributed by atoms with Gasteiger partial charge in [0, 0.05) is 49.0 Å². The summed E-state index contributed by atoms with van der Waals surface area (Å²) in [6, 6.07) is 71.5. The Kier molecular flexibility index (Phi) is 7.80. The molecule has 0 aliphatic carbocycles. The van der Waals surface area contributed by atoms with E-state index in [0.29, 0.717) is 17.5 Å².